The molecule has 0 aliphatic carbocycles. The van der Waals surface area contributed by atoms with Crippen LogP contribution in [0.2, 0.25) is 0 Å². The Hall–Kier alpha value is -1.63. The Kier molecular flexibility index (Phi) is 5.41. The number of thiazole rings is 1. The van der Waals surface area contributed by atoms with Crippen molar-refractivity contribution in [1.82, 2.24) is 4.98 Å². The molecule has 0 saturated heterocycles. The molecule has 7 heteroatoms. The summed E-state index contributed by atoms with van der Waals surface area (Å²) in [7, 11) is 0. The summed E-state index contributed by atoms with van der Waals surface area (Å²) in [6.07, 6.45) is -0.445. The molecule has 1 aromatic heterocycles. The molecule has 0 atom stereocenters. The van der Waals surface area contributed by atoms with Crippen molar-refractivity contribution >= 4 is 28.5 Å². The van der Waals surface area contributed by atoms with Gasteiger partial charge in [0.2, 0.25) is 0 Å². The van der Waals surface area contributed by atoms with Crippen molar-refractivity contribution < 1.29 is 19.1 Å². The largest absolute Gasteiger partial charge is 0.466 e. The van der Waals surface area contributed by atoms with Crippen LogP contribution in [0.25, 0.3) is 0 Å². The van der Waals surface area contributed by atoms with Gasteiger partial charge in [-0.1, -0.05) is 0 Å². The fraction of sp³-hybridized carbons (Fsp3) is 0.500. The third-order valence-corrected chi connectivity index (χ3v) is 2.47. The van der Waals surface area contributed by atoms with Crippen LogP contribution in [0.3, 0.4) is 0 Å². The van der Waals surface area contributed by atoms with E-state index in [1.165, 1.54) is 11.3 Å². The lowest BCUT2D eigenvalue weighted by atomic mass is 10.3. The van der Waals surface area contributed by atoms with Gasteiger partial charge in [-0.05, 0) is 13.8 Å². The molecule has 0 unspecified atom stereocenters. The quantitative estimate of drug-likeness (QED) is 0.815. The van der Waals surface area contributed by atoms with Crippen LogP contribution < -0.4 is 5.32 Å². The van der Waals surface area contributed by atoms with Crippen LogP contribution in [0.4, 0.5) is 9.93 Å². The number of nitrogens with one attached hydrogen (secondary N) is 1. The normalized spacial score (nSPS) is 9.76. The average molecular weight is 258 g/mol. The SMILES string of the molecule is CCOC(=O)Cc1csc(NC(=O)OCC)n1. The lowest BCUT2D eigenvalue weighted by molar-refractivity contribution is -0.142. The Labute approximate surface area is 103 Å². The van der Waals surface area contributed by atoms with Gasteiger partial charge in [-0.3, -0.25) is 10.1 Å². The van der Waals surface area contributed by atoms with Gasteiger partial charge in [0, 0.05) is 5.38 Å². The highest BCUT2D eigenvalue weighted by Crippen LogP contribution is 2.16. The number of carbonyl (C=O) groups is 2. The number of ether oxygens (including phenoxy) is 2. The van der Waals surface area contributed by atoms with E-state index < -0.39 is 6.09 Å². The van der Waals surface area contributed by atoms with Gasteiger partial charge in [0.25, 0.3) is 0 Å². The van der Waals surface area contributed by atoms with Crippen LogP contribution in [0.1, 0.15) is 19.5 Å². The molecule has 0 saturated carbocycles. The summed E-state index contributed by atoms with van der Waals surface area (Å²) in [5.74, 6) is -0.333. The van der Waals surface area contributed by atoms with Gasteiger partial charge in [-0.2, -0.15) is 0 Å². The first-order chi connectivity index (χ1) is 8.15. The van der Waals surface area contributed by atoms with E-state index in [9.17, 15) is 9.59 Å². The third kappa shape index (κ3) is 4.81. The highest BCUT2D eigenvalue weighted by molar-refractivity contribution is 7.13. The molecular formula is C10H14N2O4S. The maximum atomic E-state index is 11.2. The van der Waals surface area contributed by atoms with Crippen molar-refractivity contribution in [3.05, 3.63) is 11.1 Å². The molecule has 1 rings (SSSR count). The van der Waals surface area contributed by atoms with Gasteiger partial charge in [0.1, 0.15) is 0 Å². The number of esters is 1. The van der Waals surface area contributed by atoms with Gasteiger partial charge in [0.15, 0.2) is 5.13 Å². The van der Waals surface area contributed by atoms with Crippen LogP contribution in [0.15, 0.2) is 5.38 Å². The monoisotopic (exact) mass is 258 g/mol. The lowest BCUT2D eigenvalue weighted by Gasteiger charge is -2.00. The minimum absolute atomic E-state index is 0.106. The van der Waals surface area contributed by atoms with Crippen molar-refractivity contribution in [1.29, 1.82) is 0 Å². The van der Waals surface area contributed by atoms with Gasteiger partial charge < -0.3 is 9.47 Å². The van der Waals surface area contributed by atoms with Crippen LogP contribution in [-0.2, 0) is 20.7 Å². The fourth-order valence-corrected chi connectivity index (χ4v) is 1.76. The Morgan fingerprint density at radius 3 is 2.71 bits per heavy atom. The van der Waals surface area contributed by atoms with Gasteiger partial charge >= 0.3 is 12.1 Å². The highest BCUT2D eigenvalue weighted by atomic mass is 32.1. The summed E-state index contributed by atoms with van der Waals surface area (Å²) in [6, 6.07) is 0. The summed E-state index contributed by atoms with van der Waals surface area (Å²) >= 11 is 1.23. The first kappa shape index (κ1) is 13.4. The number of carbonyl (C=O) groups excluding carboxylic acids is 2. The van der Waals surface area contributed by atoms with Crippen LogP contribution >= 0.6 is 11.3 Å². The van der Waals surface area contributed by atoms with Crippen LogP contribution in [0.5, 0.6) is 0 Å². The molecule has 17 heavy (non-hydrogen) atoms. The number of amides is 1. The zero-order chi connectivity index (χ0) is 12.7. The molecule has 0 radical (unpaired) electrons. The predicted octanol–water partition coefficient (Wildman–Crippen LogP) is 1.82. The van der Waals surface area contributed by atoms with E-state index in [-0.39, 0.29) is 12.4 Å². The van der Waals surface area contributed by atoms with Crippen molar-refractivity contribution in [2.45, 2.75) is 20.3 Å². The first-order valence-electron chi connectivity index (χ1n) is 5.19. The van der Waals surface area contributed by atoms with Crippen LogP contribution in [0, 0.1) is 0 Å². The zero-order valence-corrected chi connectivity index (χ0v) is 10.5. The van der Waals surface area contributed by atoms with E-state index in [4.69, 9.17) is 9.47 Å². The summed E-state index contributed by atoms with van der Waals surface area (Å²) in [5, 5.41) is 4.56. The molecule has 0 spiro atoms. The fourth-order valence-electron chi connectivity index (χ4n) is 1.06. The first-order valence-corrected chi connectivity index (χ1v) is 6.07. The van der Waals surface area contributed by atoms with Gasteiger partial charge in [-0.15, -0.1) is 11.3 Å². The maximum Gasteiger partial charge on any atom is 0.413 e. The average Bonchev–Trinajstić information content (AvgIpc) is 2.66. The topological polar surface area (TPSA) is 77.5 Å². The molecule has 1 N–H and O–H groups in total. The maximum absolute atomic E-state index is 11.2. The Morgan fingerprint density at radius 1 is 1.35 bits per heavy atom. The number of hydrogen-bond donors (Lipinski definition) is 1. The lowest BCUT2D eigenvalue weighted by Crippen LogP contribution is -2.13. The molecule has 6 nitrogen and oxygen atoms in total. The second-order valence-electron chi connectivity index (χ2n) is 2.97. The predicted molar refractivity (Wildman–Crippen MR) is 63.1 cm³/mol. The molecule has 0 aromatic carbocycles. The number of aromatic nitrogens is 1. The molecule has 94 valence electrons. The van der Waals surface area contributed by atoms with Gasteiger partial charge in [0.05, 0.1) is 25.3 Å². The number of rotatable bonds is 5. The summed E-state index contributed by atoms with van der Waals surface area (Å²) < 4.78 is 9.49. The van der Waals surface area contributed by atoms with Crippen molar-refractivity contribution in [2.75, 3.05) is 18.5 Å². The minimum atomic E-state index is -0.551. The van der Waals surface area contributed by atoms with E-state index in [1.54, 1.807) is 19.2 Å². The van der Waals surface area contributed by atoms with E-state index >= 15 is 0 Å². The molecule has 1 aromatic rings. The Morgan fingerprint density at radius 2 is 2.06 bits per heavy atom. The second kappa shape index (κ2) is 6.85. The van der Waals surface area contributed by atoms with Crippen molar-refractivity contribution in [3.63, 3.8) is 0 Å². The summed E-state index contributed by atoms with van der Waals surface area (Å²) in [6.45, 7) is 4.10. The molecule has 0 aliphatic rings. The highest BCUT2D eigenvalue weighted by Gasteiger charge is 2.10. The minimum Gasteiger partial charge on any atom is -0.466 e. The number of hydrogen-bond acceptors (Lipinski definition) is 6. The molecule has 0 fully saturated rings. The summed E-state index contributed by atoms with van der Waals surface area (Å²) in [5.41, 5.74) is 0.570. The van der Waals surface area contributed by atoms with Crippen molar-refractivity contribution in [2.24, 2.45) is 0 Å². The Balaban J connectivity index is 2.47. The molecule has 0 bridgehead atoms. The van der Waals surface area contributed by atoms with E-state index in [0.717, 1.165) is 0 Å². The molecular weight excluding hydrogens is 244 g/mol. The standard InChI is InChI=1S/C10H14N2O4S/c1-3-15-8(13)5-7-6-17-9(11-7)12-10(14)16-4-2/h6H,3-5H2,1-2H3,(H,11,12,14). The van der Waals surface area contributed by atoms with E-state index in [1.807, 2.05) is 0 Å². The van der Waals surface area contributed by atoms with Crippen molar-refractivity contribution in [3.8, 4) is 0 Å². The van der Waals surface area contributed by atoms with Gasteiger partial charge in [-0.25, -0.2) is 9.78 Å². The van der Waals surface area contributed by atoms with Crippen LogP contribution in [-0.4, -0.2) is 30.3 Å². The Bertz CT molecular complexity index is 357. The number of nitrogens with zero attached hydrogens (tertiary/aromatic N) is 1. The second-order valence-corrected chi connectivity index (χ2v) is 3.83. The molecule has 1 amide bonds. The molecule has 0 aliphatic heterocycles. The van der Waals surface area contributed by atoms with E-state index in [2.05, 4.69) is 10.3 Å². The number of anilines is 1. The smallest absolute Gasteiger partial charge is 0.413 e. The summed E-state index contributed by atoms with van der Waals surface area (Å²) in [4.78, 5) is 26.3. The zero-order valence-electron chi connectivity index (χ0n) is 9.69. The molecule has 1 heterocycles. The third-order valence-electron chi connectivity index (χ3n) is 1.67. The van der Waals surface area contributed by atoms with E-state index in [0.29, 0.717) is 24.0 Å².